The van der Waals surface area contributed by atoms with Crippen LogP contribution >= 0.6 is 18.8 Å². The Morgan fingerprint density at radius 1 is 0.394 bits per heavy atom. The van der Waals surface area contributed by atoms with Gasteiger partial charge in [-0.05, 0) is 130 Å². The standard InChI is InChI=1S/C32H29N5.C32H27N5.2C7H5N.2ClH.2Pt/c2*1-32(2,3)24-18-20-26(21-19-24)36(30-22-23-35(33-30)25-12-6-4-7-13-25)31-28-16-10-11-17-29(28)37(34-31)27-14-8-5-9-15-27;2*8-6-7-4-2-1-3-5-7;;;;/h4-23H,1-3H3;4-12,14,16-23H,1-3H3;2*1-5H;2*1H;;/q;-2;;;;;2*+2/p-2. The zero-order valence-electron chi connectivity index (χ0n) is 52.5. The fraction of sp³-hybridized carbons (Fsp3) is 0.103. The van der Waals surface area contributed by atoms with E-state index >= 15 is 0 Å². The maximum Gasteiger partial charge on any atom is 2.00 e. The molecule has 0 saturated heterocycles. The van der Waals surface area contributed by atoms with Crippen LogP contribution in [0.2, 0.25) is 0 Å². The molecule has 0 amide bonds. The quantitative estimate of drug-likeness (QED) is 0.124. The van der Waals surface area contributed by atoms with Crippen molar-refractivity contribution in [2.75, 3.05) is 9.80 Å². The van der Waals surface area contributed by atoms with Gasteiger partial charge in [0.2, 0.25) is 0 Å². The molecule has 4 heterocycles. The summed E-state index contributed by atoms with van der Waals surface area (Å²) >= 11 is -0.472. The molecule has 0 aliphatic carbocycles. The van der Waals surface area contributed by atoms with Crippen LogP contribution in [0.5, 0.6) is 0 Å². The molecular formula is C78H66Cl2N12Pt2. The average molecular weight is 1630 g/mol. The molecule has 0 atom stereocenters. The van der Waals surface area contributed by atoms with E-state index < -0.39 is 16.5 Å². The van der Waals surface area contributed by atoms with Crippen molar-refractivity contribution in [2.24, 2.45) is 0 Å². The van der Waals surface area contributed by atoms with Crippen molar-refractivity contribution in [1.82, 2.24) is 39.1 Å². The van der Waals surface area contributed by atoms with Gasteiger partial charge in [0.25, 0.3) is 0 Å². The summed E-state index contributed by atoms with van der Waals surface area (Å²) in [6.07, 6.45) is 3.96. The Kier molecular flexibility index (Phi) is 23.7. The molecule has 16 heteroatoms. The van der Waals surface area contributed by atoms with Crippen LogP contribution in [-0.2, 0) is 48.4 Å². The maximum absolute atomic E-state index is 8.29. The summed E-state index contributed by atoms with van der Waals surface area (Å²) in [6, 6.07) is 103. The monoisotopic (exact) mass is 1630 g/mol. The van der Waals surface area contributed by atoms with E-state index in [1.165, 1.54) is 11.1 Å². The number of rotatable bonds is 10. The summed E-state index contributed by atoms with van der Waals surface area (Å²) < 4.78 is 7.71. The smallest absolute Gasteiger partial charge is 2.00 e. The van der Waals surface area contributed by atoms with Gasteiger partial charge >= 0.3 is 56.4 Å². The first-order chi connectivity index (χ1) is 45.3. The molecule has 14 rings (SSSR count). The number of hydrogen-bond donors (Lipinski definition) is 0. The van der Waals surface area contributed by atoms with Gasteiger partial charge in [0, 0.05) is 46.7 Å². The van der Waals surface area contributed by atoms with Gasteiger partial charge in [-0.15, -0.1) is 22.3 Å². The molecule has 0 saturated carbocycles. The third-order valence-corrected chi connectivity index (χ3v) is 14.8. The van der Waals surface area contributed by atoms with Gasteiger partial charge in [-0.2, -0.15) is 69.3 Å². The van der Waals surface area contributed by atoms with Crippen LogP contribution in [0, 0.1) is 34.8 Å². The summed E-state index contributed by atoms with van der Waals surface area (Å²) in [5.74, 6) is 3.21. The van der Waals surface area contributed by atoms with Crippen molar-refractivity contribution >= 4 is 75.3 Å². The Bertz CT molecular complexity index is 4410. The predicted octanol–water partition coefficient (Wildman–Crippen LogP) is 20.0. The van der Waals surface area contributed by atoms with Crippen molar-refractivity contribution in [3.8, 4) is 34.9 Å². The molecule has 0 aliphatic heterocycles. The number of hydrogen-bond acceptors (Lipinski definition) is 8. The molecule has 0 unspecified atom stereocenters. The van der Waals surface area contributed by atoms with E-state index in [9.17, 15) is 0 Å². The van der Waals surface area contributed by atoms with Gasteiger partial charge in [0.05, 0.1) is 45.7 Å². The minimum Gasteiger partial charge on any atom is 2.00 e. The maximum atomic E-state index is 8.29. The van der Waals surface area contributed by atoms with Crippen LogP contribution in [0.25, 0.3) is 44.6 Å². The molecule has 0 spiro atoms. The van der Waals surface area contributed by atoms with Gasteiger partial charge in [0.1, 0.15) is 0 Å². The molecule has 4 aromatic heterocycles. The molecule has 10 aromatic carbocycles. The number of fused-ring (bicyclic) bond motifs is 2. The second kappa shape index (κ2) is 32.6. The van der Waals surface area contributed by atoms with Crippen molar-refractivity contribution in [3.63, 3.8) is 0 Å². The molecule has 12 nitrogen and oxygen atoms in total. The second-order valence-electron chi connectivity index (χ2n) is 23.2. The van der Waals surface area contributed by atoms with Gasteiger partial charge in [-0.25, -0.2) is 9.36 Å². The van der Waals surface area contributed by atoms with Crippen LogP contribution in [0.1, 0.15) is 63.8 Å². The Labute approximate surface area is 580 Å². The number of nitriles is 2. The van der Waals surface area contributed by atoms with Crippen molar-refractivity contribution < 1.29 is 37.5 Å². The first kappa shape index (κ1) is 68.5. The summed E-state index contributed by atoms with van der Waals surface area (Å²) in [5, 5.41) is 38.9. The van der Waals surface area contributed by atoms with E-state index in [0.29, 0.717) is 11.1 Å². The second-order valence-corrected chi connectivity index (χ2v) is 26.5. The van der Waals surface area contributed by atoms with E-state index in [4.69, 9.17) is 49.8 Å². The zero-order valence-corrected chi connectivity index (χ0v) is 58.5. The number of nitrogens with zero attached hydrogens (tertiary/aromatic N) is 12. The third kappa shape index (κ3) is 17.0. The number of para-hydroxylation sites is 6. The summed E-state index contributed by atoms with van der Waals surface area (Å²) in [5.41, 5.74) is 12.0. The molecule has 14 aromatic rings. The van der Waals surface area contributed by atoms with Crippen LogP contribution in [0.15, 0.2) is 291 Å². The van der Waals surface area contributed by atoms with E-state index in [-0.39, 0.29) is 31.9 Å². The summed E-state index contributed by atoms with van der Waals surface area (Å²) in [4.78, 5) is 4.27. The molecule has 0 N–H and O–H groups in total. The van der Waals surface area contributed by atoms with E-state index in [1.54, 1.807) is 24.3 Å². The number of aromatic nitrogens is 8. The van der Waals surface area contributed by atoms with E-state index in [1.807, 2.05) is 189 Å². The Morgan fingerprint density at radius 2 is 0.755 bits per heavy atom. The first-order valence-corrected chi connectivity index (χ1v) is 35.6. The molecule has 0 radical (unpaired) electrons. The van der Waals surface area contributed by atoms with E-state index in [2.05, 4.69) is 173 Å². The fourth-order valence-corrected chi connectivity index (χ4v) is 10.1. The predicted molar refractivity (Wildman–Crippen MR) is 375 cm³/mol. The first-order valence-electron chi connectivity index (χ1n) is 29.9. The molecule has 0 aliphatic rings. The van der Waals surface area contributed by atoms with Crippen LogP contribution < -0.4 is 9.80 Å². The van der Waals surface area contributed by atoms with Crippen LogP contribution in [-0.4, -0.2) is 39.1 Å². The number of halogens is 2. The Morgan fingerprint density at radius 3 is 1.17 bits per heavy atom. The van der Waals surface area contributed by atoms with E-state index in [0.717, 1.165) is 79.2 Å². The van der Waals surface area contributed by atoms with Gasteiger partial charge in [-0.1, -0.05) is 163 Å². The molecule has 0 bridgehead atoms. The Hall–Kier alpha value is -9.90. The average Bonchev–Trinajstić information content (AvgIpc) is 1.60. The number of benzene rings is 10. The van der Waals surface area contributed by atoms with Gasteiger partial charge in [-0.3, -0.25) is 19.2 Å². The van der Waals surface area contributed by atoms with Crippen molar-refractivity contribution in [1.29, 1.82) is 10.5 Å². The van der Waals surface area contributed by atoms with Gasteiger partial charge in [0.15, 0.2) is 23.3 Å². The minimum absolute atomic E-state index is 0. The summed E-state index contributed by atoms with van der Waals surface area (Å²) in [7, 11) is 9.75. The molecule has 94 heavy (non-hydrogen) atoms. The van der Waals surface area contributed by atoms with Crippen LogP contribution in [0.4, 0.5) is 34.6 Å². The molecule has 0 fully saturated rings. The topological polar surface area (TPSA) is 125 Å². The van der Waals surface area contributed by atoms with Gasteiger partial charge < -0.3 is 0 Å². The normalized spacial score (nSPS) is 10.7. The third-order valence-electron chi connectivity index (χ3n) is 14.8. The van der Waals surface area contributed by atoms with Crippen molar-refractivity contribution in [3.05, 3.63) is 326 Å². The number of anilines is 6. The van der Waals surface area contributed by atoms with Crippen molar-refractivity contribution in [2.45, 2.75) is 52.4 Å². The SMILES string of the molecule is CC(C)(C)c1ccc(N(c2ccn(-c3[c-]cccc3)n2)c2nn(-c3[c-]cccc3)c3ccccc23)cc1.CC(C)(C)c1ccc(N(c2ccn(-c3ccccc3)n2)c2nn(-c3ccccc3)c3ccccc23)cc1.N#Cc1ccccc1.N#Cc1ccccc1.[Cl][Pt][Cl].[Pt+2]. The Balaban J connectivity index is 0.000000172. The molecule has 472 valence electrons. The molecular weight excluding hydrogens is 1570 g/mol. The zero-order chi connectivity index (χ0) is 65.2. The minimum atomic E-state index is -0.472. The van der Waals surface area contributed by atoms with Crippen LogP contribution in [0.3, 0.4) is 0 Å². The largest absolute Gasteiger partial charge is 2.00 e. The summed E-state index contributed by atoms with van der Waals surface area (Å²) in [6.45, 7) is 13.4. The fourth-order valence-electron chi connectivity index (χ4n) is 10.1.